The maximum absolute atomic E-state index is 12.7. The Morgan fingerprint density at radius 3 is 2.50 bits per heavy atom. The van der Waals surface area contributed by atoms with Gasteiger partial charge < -0.3 is 9.42 Å². The molecule has 146 valence electrons. The van der Waals surface area contributed by atoms with Crippen LogP contribution in [0.1, 0.15) is 16.1 Å². The summed E-state index contributed by atoms with van der Waals surface area (Å²) in [6.45, 7) is 1.20. The van der Waals surface area contributed by atoms with Crippen molar-refractivity contribution in [3.8, 4) is 10.6 Å². The van der Waals surface area contributed by atoms with E-state index in [9.17, 15) is 13.2 Å². The van der Waals surface area contributed by atoms with Crippen LogP contribution in [0.15, 0.2) is 58.4 Å². The SMILES string of the molecule is O=C(c1cc(-c2cccs2)on1)N1CCN(S(=O)(=O)Cc2ccccc2)CC1. The zero-order valence-electron chi connectivity index (χ0n) is 15.0. The number of piperazine rings is 1. The first-order valence-corrected chi connectivity index (χ1v) is 11.3. The van der Waals surface area contributed by atoms with Crippen LogP contribution in [-0.2, 0) is 15.8 Å². The molecule has 1 fully saturated rings. The molecular formula is C19H19N3O4S2. The van der Waals surface area contributed by atoms with Crippen molar-refractivity contribution in [2.75, 3.05) is 26.2 Å². The molecule has 1 aliphatic heterocycles. The number of carbonyl (C=O) groups is 1. The van der Waals surface area contributed by atoms with E-state index in [1.165, 1.54) is 15.6 Å². The van der Waals surface area contributed by atoms with Crippen LogP contribution < -0.4 is 0 Å². The molecule has 1 amide bonds. The predicted molar refractivity (Wildman–Crippen MR) is 106 cm³/mol. The van der Waals surface area contributed by atoms with Crippen molar-refractivity contribution >= 4 is 27.3 Å². The Bertz CT molecular complexity index is 1040. The monoisotopic (exact) mass is 417 g/mol. The Morgan fingerprint density at radius 1 is 1.07 bits per heavy atom. The van der Waals surface area contributed by atoms with Crippen molar-refractivity contribution in [3.63, 3.8) is 0 Å². The average molecular weight is 418 g/mol. The van der Waals surface area contributed by atoms with Gasteiger partial charge in [0.15, 0.2) is 11.5 Å². The van der Waals surface area contributed by atoms with Gasteiger partial charge in [-0.25, -0.2) is 8.42 Å². The van der Waals surface area contributed by atoms with Crippen molar-refractivity contribution in [1.82, 2.24) is 14.4 Å². The molecule has 1 aliphatic rings. The Hall–Kier alpha value is -2.49. The first-order chi connectivity index (χ1) is 13.5. The molecule has 0 unspecified atom stereocenters. The molecule has 3 heterocycles. The zero-order chi connectivity index (χ0) is 19.6. The lowest BCUT2D eigenvalue weighted by molar-refractivity contribution is 0.0687. The quantitative estimate of drug-likeness (QED) is 0.637. The van der Waals surface area contributed by atoms with E-state index < -0.39 is 10.0 Å². The third kappa shape index (κ3) is 4.01. The minimum Gasteiger partial charge on any atom is -0.355 e. The fourth-order valence-corrected chi connectivity index (χ4v) is 5.31. The maximum Gasteiger partial charge on any atom is 0.276 e. The van der Waals surface area contributed by atoms with Crippen LogP contribution in [0.3, 0.4) is 0 Å². The third-order valence-electron chi connectivity index (χ3n) is 4.60. The van der Waals surface area contributed by atoms with Crippen molar-refractivity contribution in [2.24, 2.45) is 0 Å². The van der Waals surface area contributed by atoms with Crippen LogP contribution in [0.25, 0.3) is 10.6 Å². The van der Waals surface area contributed by atoms with Crippen molar-refractivity contribution in [1.29, 1.82) is 0 Å². The fraction of sp³-hybridized carbons (Fsp3) is 0.263. The summed E-state index contributed by atoms with van der Waals surface area (Å²) in [5, 5.41) is 5.80. The van der Waals surface area contributed by atoms with Crippen LogP contribution in [0, 0.1) is 0 Å². The van der Waals surface area contributed by atoms with Gasteiger partial charge in [0, 0.05) is 32.2 Å². The van der Waals surface area contributed by atoms with Gasteiger partial charge in [-0.15, -0.1) is 11.3 Å². The smallest absolute Gasteiger partial charge is 0.276 e. The summed E-state index contributed by atoms with van der Waals surface area (Å²) in [6.07, 6.45) is 0. The lowest BCUT2D eigenvalue weighted by Gasteiger charge is -2.33. The summed E-state index contributed by atoms with van der Waals surface area (Å²) in [5.74, 6) is 0.281. The molecule has 9 heteroatoms. The summed E-state index contributed by atoms with van der Waals surface area (Å²) in [6, 6.07) is 14.5. The Labute approximate surface area is 167 Å². The minimum atomic E-state index is -3.41. The van der Waals surface area contributed by atoms with E-state index in [2.05, 4.69) is 5.16 Å². The maximum atomic E-state index is 12.7. The van der Waals surface area contributed by atoms with Gasteiger partial charge in [0.25, 0.3) is 5.91 Å². The van der Waals surface area contributed by atoms with E-state index in [0.29, 0.717) is 18.8 Å². The molecule has 0 N–H and O–H groups in total. The highest BCUT2D eigenvalue weighted by molar-refractivity contribution is 7.88. The second-order valence-corrected chi connectivity index (χ2v) is 9.40. The van der Waals surface area contributed by atoms with E-state index in [0.717, 1.165) is 10.4 Å². The molecule has 4 rings (SSSR count). The Morgan fingerprint density at radius 2 is 1.82 bits per heavy atom. The molecule has 0 saturated carbocycles. The number of rotatable bonds is 5. The van der Waals surface area contributed by atoms with E-state index in [4.69, 9.17) is 4.52 Å². The van der Waals surface area contributed by atoms with Crippen molar-refractivity contribution in [3.05, 3.63) is 65.2 Å². The van der Waals surface area contributed by atoms with Crippen LogP contribution >= 0.6 is 11.3 Å². The molecule has 2 aromatic heterocycles. The second-order valence-electron chi connectivity index (χ2n) is 6.49. The van der Waals surface area contributed by atoms with Crippen LogP contribution in [0.5, 0.6) is 0 Å². The van der Waals surface area contributed by atoms with E-state index in [1.807, 2.05) is 35.7 Å². The number of thiophene rings is 1. The molecule has 3 aromatic rings. The molecule has 7 nitrogen and oxygen atoms in total. The van der Waals surface area contributed by atoms with Gasteiger partial charge in [-0.1, -0.05) is 41.6 Å². The molecule has 0 atom stereocenters. The number of benzene rings is 1. The van der Waals surface area contributed by atoms with Crippen LogP contribution in [0.2, 0.25) is 0 Å². The highest BCUT2D eigenvalue weighted by Gasteiger charge is 2.30. The summed E-state index contributed by atoms with van der Waals surface area (Å²) >= 11 is 1.51. The van der Waals surface area contributed by atoms with Crippen LogP contribution in [0.4, 0.5) is 0 Å². The van der Waals surface area contributed by atoms with Crippen LogP contribution in [-0.4, -0.2) is 54.9 Å². The Balaban J connectivity index is 1.38. The molecule has 0 radical (unpaired) electrons. The highest BCUT2D eigenvalue weighted by atomic mass is 32.2. The fourth-order valence-electron chi connectivity index (χ4n) is 3.12. The number of hydrogen-bond acceptors (Lipinski definition) is 6. The lowest BCUT2D eigenvalue weighted by atomic mass is 10.2. The van der Waals surface area contributed by atoms with E-state index in [1.54, 1.807) is 23.1 Å². The van der Waals surface area contributed by atoms with Gasteiger partial charge in [-0.3, -0.25) is 4.79 Å². The van der Waals surface area contributed by atoms with Crippen molar-refractivity contribution < 1.29 is 17.7 Å². The zero-order valence-corrected chi connectivity index (χ0v) is 16.7. The normalized spacial score (nSPS) is 15.6. The summed E-state index contributed by atoms with van der Waals surface area (Å²) in [4.78, 5) is 15.2. The summed E-state index contributed by atoms with van der Waals surface area (Å²) in [7, 11) is -3.41. The number of aromatic nitrogens is 1. The number of hydrogen-bond donors (Lipinski definition) is 0. The first-order valence-electron chi connectivity index (χ1n) is 8.84. The third-order valence-corrected chi connectivity index (χ3v) is 7.34. The van der Waals surface area contributed by atoms with Gasteiger partial charge in [0.05, 0.1) is 10.6 Å². The number of carbonyl (C=O) groups excluding carboxylic acids is 1. The van der Waals surface area contributed by atoms with Gasteiger partial charge >= 0.3 is 0 Å². The molecule has 28 heavy (non-hydrogen) atoms. The Kier molecular flexibility index (Phi) is 5.29. The number of amides is 1. The second kappa shape index (κ2) is 7.86. The number of sulfonamides is 1. The largest absolute Gasteiger partial charge is 0.355 e. The summed E-state index contributed by atoms with van der Waals surface area (Å²) < 4.78 is 32.0. The minimum absolute atomic E-state index is 0.0325. The average Bonchev–Trinajstić information content (AvgIpc) is 3.40. The number of nitrogens with zero attached hydrogens (tertiary/aromatic N) is 3. The molecule has 1 saturated heterocycles. The molecular weight excluding hydrogens is 398 g/mol. The molecule has 0 bridgehead atoms. The van der Waals surface area contributed by atoms with Gasteiger partial charge in [0.1, 0.15) is 0 Å². The van der Waals surface area contributed by atoms with Crippen molar-refractivity contribution in [2.45, 2.75) is 5.75 Å². The predicted octanol–water partition coefficient (Wildman–Crippen LogP) is 2.69. The lowest BCUT2D eigenvalue weighted by Crippen LogP contribution is -2.50. The summed E-state index contributed by atoms with van der Waals surface area (Å²) in [5.41, 5.74) is 0.994. The molecule has 0 aliphatic carbocycles. The topological polar surface area (TPSA) is 83.7 Å². The van der Waals surface area contributed by atoms with Gasteiger partial charge in [-0.2, -0.15) is 4.31 Å². The van der Waals surface area contributed by atoms with E-state index >= 15 is 0 Å². The van der Waals surface area contributed by atoms with E-state index in [-0.39, 0.29) is 30.4 Å². The highest BCUT2D eigenvalue weighted by Crippen LogP contribution is 2.25. The first kappa shape index (κ1) is 18.9. The van der Waals surface area contributed by atoms with Gasteiger partial charge in [0.2, 0.25) is 10.0 Å². The molecule has 1 aromatic carbocycles. The standard InChI is InChI=1S/C19H19N3O4S2/c23-19(16-13-17(26-20-16)18-7-4-12-27-18)21-8-10-22(11-9-21)28(24,25)14-15-5-2-1-3-6-15/h1-7,12-13H,8-11,14H2. The van der Waals surface area contributed by atoms with Gasteiger partial charge in [-0.05, 0) is 17.0 Å². The molecule has 0 spiro atoms.